The van der Waals surface area contributed by atoms with Crippen LogP contribution in [0.3, 0.4) is 0 Å². The van der Waals surface area contributed by atoms with E-state index in [2.05, 4.69) is 10.6 Å². The minimum Gasteiger partial charge on any atom is -0.387 e. The molecule has 0 bridgehead atoms. The Morgan fingerprint density at radius 3 is 2.25 bits per heavy atom. The van der Waals surface area contributed by atoms with Crippen LogP contribution in [0.4, 0.5) is 11.4 Å². The zero-order valence-electron chi connectivity index (χ0n) is 15.5. The molecule has 0 heterocycles. The third kappa shape index (κ3) is 4.54. The Balaban J connectivity index is 1.91. The zero-order valence-corrected chi connectivity index (χ0v) is 15.5. The lowest BCUT2D eigenvalue weighted by atomic mass is 9.98. The number of rotatable bonds is 7. The molecule has 1 unspecified atom stereocenters. The van der Waals surface area contributed by atoms with Crippen LogP contribution in [0.1, 0.15) is 27.5 Å². The minimum atomic E-state index is -0.505. The van der Waals surface area contributed by atoms with Crippen LogP contribution in [-0.4, -0.2) is 17.9 Å². The Kier molecular flexibility index (Phi) is 6.01. The van der Waals surface area contributed by atoms with Gasteiger partial charge in [-0.05, 0) is 23.6 Å². The lowest BCUT2D eigenvalue weighted by Crippen LogP contribution is -2.30. The first-order chi connectivity index (χ1) is 13.6. The molecule has 0 aliphatic heterocycles. The molecule has 0 spiro atoms. The molecular weight excluding hydrogens is 354 g/mol. The number of carbonyl (C=O) groups excluding carboxylic acids is 1. The van der Waals surface area contributed by atoms with E-state index in [-0.39, 0.29) is 23.2 Å². The van der Waals surface area contributed by atoms with Crippen molar-refractivity contribution in [3.8, 4) is 0 Å². The van der Waals surface area contributed by atoms with Gasteiger partial charge in [-0.1, -0.05) is 60.7 Å². The van der Waals surface area contributed by atoms with Crippen LogP contribution >= 0.6 is 0 Å². The first-order valence-electron chi connectivity index (χ1n) is 8.94. The molecule has 0 saturated carbocycles. The van der Waals surface area contributed by atoms with Gasteiger partial charge in [0, 0.05) is 24.9 Å². The van der Waals surface area contributed by atoms with Gasteiger partial charge in [-0.3, -0.25) is 14.9 Å². The van der Waals surface area contributed by atoms with E-state index in [0.717, 1.165) is 11.1 Å². The molecule has 0 saturated heterocycles. The van der Waals surface area contributed by atoms with Crippen molar-refractivity contribution < 1.29 is 9.72 Å². The molecule has 1 atom stereocenters. The van der Waals surface area contributed by atoms with E-state index in [1.165, 1.54) is 12.1 Å². The number of non-ortho nitro benzene ring substituents is 1. The number of benzene rings is 3. The van der Waals surface area contributed by atoms with E-state index in [9.17, 15) is 14.9 Å². The number of amides is 1. The highest BCUT2D eigenvalue weighted by molar-refractivity contribution is 6.00. The summed E-state index contributed by atoms with van der Waals surface area (Å²) in [7, 11) is 1.68. The van der Waals surface area contributed by atoms with E-state index in [1.807, 2.05) is 60.7 Å². The number of nitrogens with one attached hydrogen (secondary N) is 2. The first kappa shape index (κ1) is 19.1. The van der Waals surface area contributed by atoms with Crippen LogP contribution in [0.2, 0.25) is 0 Å². The van der Waals surface area contributed by atoms with Gasteiger partial charge < -0.3 is 10.6 Å². The third-order valence-corrected chi connectivity index (χ3v) is 4.52. The fourth-order valence-corrected chi connectivity index (χ4v) is 3.08. The normalized spacial score (nSPS) is 11.5. The SMILES string of the molecule is CNc1ccc([N+](=O)[O-])cc1C(=O)NC(Cc1ccccc1)c1ccccc1. The highest BCUT2D eigenvalue weighted by atomic mass is 16.6. The Labute approximate surface area is 163 Å². The number of nitro groups is 1. The zero-order chi connectivity index (χ0) is 19.9. The molecule has 6 heteroatoms. The van der Waals surface area contributed by atoms with Crippen molar-refractivity contribution in [3.63, 3.8) is 0 Å². The molecule has 0 aliphatic carbocycles. The van der Waals surface area contributed by atoms with Crippen molar-refractivity contribution in [1.29, 1.82) is 0 Å². The largest absolute Gasteiger partial charge is 0.387 e. The summed E-state index contributed by atoms with van der Waals surface area (Å²) in [5.41, 5.74) is 2.71. The van der Waals surface area contributed by atoms with Crippen LogP contribution in [-0.2, 0) is 6.42 Å². The van der Waals surface area contributed by atoms with Crippen molar-refractivity contribution >= 4 is 17.3 Å². The maximum absolute atomic E-state index is 13.0. The summed E-state index contributed by atoms with van der Waals surface area (Å²) in [6.07, 6.45) is 0.612. The van der Waals surface area contributed by atoms with E-state index in [0.29, 0.717) is 12.1 Å². The summed E-state index contributed by atoms with van der Waals surface area (Å²) < 4.78 is 0. The van der Waals surface area contributed by atoms with Gasteiger partial charge in [-0.15, -0.1) is 0 Å². The van der Waals surface area contributed by atoms with Crippen molar-refractivity contribution in [2.45, 2.75) is 12.5 Å². The van der Waals surface area contributed by atoms with Gasteiger partial charge in [0.1, 0.15) is 0 Å². The summed E-state index contributed by atoms with van der Waals surface area (Å²) >= 11 is 0. The van der Waals surface area contributed by atoms with Crippen LogP contribution < -0.4 is 10.6 Å². The van der Waals surface area contributed by atoms with E-state index in [4.69, 9.17) is 0 Å². The standard InChI is InChI=1S/C22H21N3O3/c1-23-20-13-12-18(25(27)28)15-19(20)22(26)24-21(17-10-6-3-7-11-17)14-16-8-4-2-5-9-16/h2-13,15,21,23H,14H2,1H3,(H,24,26). The average Bonchev–Trinajstić information content (AvgIpc) is 2.74. The smallest absolute Gasteiger partial charge is 0.270 e. The number of hydrogen-bond donors (Lipinski definition) is 2. The van der Waals surface area contributed by atoms with Crippen molar-refractivity contribution in [3.05, 3.63) is 106 Å². The van der Waals surface area contributed by atoms with Gasteiger partial charge in [0.15, 0.2) is 0 Å². The van der Waals surface area contributed by atoms with Crippen molar-refractivity contribution in [2.75, 3.05) is 12.4 Å². The maximum Gasteiger partial charge on any atom is 0.270 e. The molecule has 3 aromatic carbocycles. The molecule has 6 nitrogen and oxygen atoms in total. The summed E-state index contributed by atoms with van der Waals surface area (Å²) in [6.45, 7) is 0. The second-order valence-corrected chi connectivity index (χ2v) is 6.36. The molecule has 0 radical (unpaired) electrons. The average molecular weight is 375 g/mol. The van der Waals surface area contributed by atoms with Gasteiger partial charge in [0.25, 0.3) is 11.6 Å². The summed E-state index contributed by atoms with van der Waals surface area (Å²) in [4.78, 5) is 23.6. The second kappa shape index (κ2) is 8.81. The molecule has 142 valence electrons. The van der Waals surface area contributed by atoms with Gasteiger partial charge in [0.05, 0.1) is 16.5 Å². The monoisotopic (exact) mass is 375 g/mol. The van der Waals surface area contributed by atoms with Gasteiger partial charge in [-0.25, -0.2) is 0 Å². The predicted molar refractivity (Wildman–Crippen MR) is 109 cm³/mol. The Morgan fingerprint density at radius 1 is 1.00 bits per heavy atom. The number of carbonyl (C=O) groups is 1. The lowest BCUT2D eigenvalue weighted by molar-refractivity contribution is -0.384. The highest BCUT2D eigenvalue weighted by Crippen LogP contribution is 2.24. The minimum absolute atomic E-state index is 0.122. The fourth-order valence-electron chi connectivity index (χ4n) is 3.08. The topological polar surface area (TPSA) is 84.3 Å². The van der Waals surface area contributed by atoms with E-state index in [1.54, 1.807) is 13.1 Å². The molecule has 2 N–H and O–H groups in total. The summed E-state index contributed by atoms with van der Waals surface area (Å²) in [5, 5.41) is 17.1. The van der Waals surface area contributed by atoms with E-state index >= 15 is 0 Å². The molecule has 3 aromatic rings. The van der Waals surface area contributed by atoms with Crippen molar-refractivity contribution in [1.82, 2.24) is 5.32 Å². The molecule has 28 heavy (non-hydrogen) atoms. The van der Waals surface area contributed by atoms with Gasteiger partial charge >= 0.3 is 0 Å². The van der Waals surface area contributed by atoms with Crippen LogP contribution in [0.25, 0.3) is 0 Å². The quantitative estimate of drug-likeness (QED) is 0.475. The van der Waals surface area contributed by atoms with Gasteiger partial charge in [0.2, 0.25) is 0 Å². The van der Waals surface area contributed by atoms with Crippen LogP contribution in [0.5, 0.6) is 0 Å². The van der Waals surface area contributed by atoms with Gasteiger partial charge in [-0.2, -0.15) is 0 Å². The highest BCUT2D eigenvalue weighted by Gasteiger charge is 2.20. The predicted octanol–water partition coefficient (Wildman–Crippen LogP) is 4.35. The fraction of sp³-hybridized carbons (Fsp3) is 0.136. The number of nitro benzene ring substituents is 1. The van der Waals surface area contributed by atoms with Crippen LogP contribution in [0.15, 0.2) is 78.9 Å². The molecule has 0 aliphatic rings. The number of hydrogen-bond acceptors (Lipinski definition) is 4. The Morgan fingerprint density at radius 2 is 1.64 bits per heavy atom. The molecule has 0 fully saturated rings. The van der Waals surface area contributed by atoms with Crippen LogP contribution in [0, 0.1) is 10.1 Å². The number of anilines is 1. The molecule has 0 aromatic heterocycles. The second-order valence-electron chi connectivity index (χ2n) is 6.36. The lowest BCUT2D eigenvalue weighted by Gasteiger charge is -2.20. The number of nitrogens with zero attached hydrogens (tertiary/aromatic N) is 1. The maximum atomic E-state index is 13.0. The third-order valence-electron chi connectivity index (χ3n) is 4.52. The molecule has 1 amide bonds. The molecular formula is C22H21N3O3. The molecule has 3 rings (SSSR count). The van der Waals surface area contributed by atoms with E-state index < -0.39 is 4.92 Å². The summed E-state index contributed by atoms with van der Waals surface area (Å²) in [5.74, 6) is -0.363. The Hall–Kier alpha value is -3.67. The summed E-state index contributed by atoms with van der Waals surface area (Å²) in [6, 6.07) is 23.5. The first-order valence-corrected chi connectivity index (χ1v) is 8.94. The Bertz CT molecular complexity index is 959. The van der Waals surface area contributed by atoms with Crippen molar-refractivity contribution in [2.24, 2.45) is 0 Å².